The van der Waals surface area contributed by atoms with Crippen LogP contribution in [-0.2, 0) is 0 Å². The molecule has 2 rings (SSSR count). The van der Waals surface area contributed by atoms with Crippen molar-refractivity contribution in [3.8, 4) is 0 Å². The first-order valence-corrected chi connectivity index (χ1v) is 4.12. The summed E-state index contributed by atoms with van der Waals surface area (Å²) in [6.45, 7) is 2.37. The van der Waals surface area contributed by atoms with Gasteiger partial charge in [0.1, 0.15) is 0 Å². The van der Waals surface area contributed by atoms with Gasteiger partial charge in [0.2, 0.25) is 0 Å². The van der Waals surface area contributed by atoms with Crippen molar-refractivity contribution in [2.75, 3.05) is 0 Å². The summed E-state index contributed by atoms with van der Waals surface area (Å²) in [4.78, 5) is 0. The Morgan fingerprint density at radius 1 is 1.11 bits per heavy atom. The van der Waals surface area contributed by atoms with E-state index >= 15 is 0 Å². The highest BCUT2D eigenvalue weighted by Gasteiger charge is 2.32. The minimum Gasteiger partial charge on any atom is -0.311 e. The van der Waals surface area contributed by atoms with Crippen molar-refractivity contribution in [3.63, 3.8) is 0 Å². The fraction of sp³-hybridized carbons (Fsp3) is 1.00. The summed E-state index contributed by atoms with van der Waals surface area (Å²) < 4.78 is 0. The first-order valence-electron chi connectivity index (χ1n) is 4.12. The molecule has 1 nitrogen and oxygen atoms in total. The van der Waals surface area contributed by atoms with Crippen molar-refractivity contribution in [3.05, 3.63) is 0 Å². The van der Waals surface area contributed by atoms with Gasteiger partial charge in [-0.15, -0.1) is 0 Å². The van der Waals surface area contributed by atoms with E-state index in [0.717, 1.165) is 18.0 Å². The molecule has 0 aromatic rings. The van der Waals surface area contributed by atoms with Crippen molar-refractivity contribution in [2.45, 2.75) is 44.7 Å². The minimum absolute atomic E-state index is 0.878. The van der Waals surface area contributed by atoms with E-state index in [4.69, 9.17) is 0 Å². The Morgan fingerprint density at radius 2 is 1.89 bits per heavy atom. The number of rotatable bonds is 0. The van der Waals surface area contributed by atoms with Crippen molar-refractivity contribution in [1.29, 1.82) is 0 Å². The maximum absolute atomic E-state index is 3.64. The van der Waals surface area contributed by atoms with E-state index in [1.807, 2.05) is 0 Å². The number of hydrogen-bond acceptors (Lipinski definition) is 1. The largest absolute Gasteiger partial charge is 0.311 e. The average molecular weight is 125 g/mol. The lowest BCUT2D eigenvalue weighted by atomic mass is 9.94. The molecule has 52 valence electrons. The van der Waals surface area contributed by atoms with Crippen LogP contribution in [0.1, 0.15) is 32.6 Å². The van der Waals surface area contributed by atoms with Crippen LogP contribution < -0.4 is 5.32 Å². The number of piperidine rings is 1. The predicted molar refractivity (Wildman–Crippen MR) is 38.3 cm³/mol. The molecule has 2 saturated heterocycles. The Hall–Kier alpha value is -0.0400. The molecule has 0 saturated carbocycles. The summed E-state index contributed by atoms with van der Waals surface area (Å²) in [7, 11) is 0. The van der Waals surface area contributed by atoms with E-state index in [-0.39, 0.29) is 0 Å². The van der Waals surface area contributed by atoms with Crippen molar-refractivity contribution < 1.29 is 0 Å². The van der Waals surface area contributed by atoms with Crippen LogP contribution in [0.4, 0.5) is 0 Å². The van der Waals surface area contributed by atoms with Crippen molar-refractivity contribution >= 4 is 0 Å². The third kappa shape index (κ3) is 0.877. The van der Waals surface area contributed by atoms with Crippen LogP contribution in [0.2, 0.25) is 0 Å². The van der Waals surface area contributed by atoms with E-state index in [0.29, 0.717) is 0 Å². The average Bonchev–Trinajstić information content (AvgIpc) is 2.25. The van der Waals surface area contributed by atoms with Crippen molar-refractivity contribution in [2.24, 2.45) is 5.92 Å². The fourth-order valence-corrected chi connectivity index (χ4v) is 2.19. The third-order valence-corrected chi connectivity index (χ3v) is 2.93. The number of nitrogens with one attached hydrogen (secondary N) is 1. The summed E-state index contributed by atoms with van der Waals surface area (Å²) in [5, 5.41) is 3.64. The Kier molecular flexibility index (Phi) is 1.26. The van der Waals surface area contributed by atoms with Crippen LogP contribution in [-0.4, -0.2) is 12.1 Å². The molecule has 0 radical (unpaired) electrons. The summed E-state index contributed by atoms with van der Waals surface area (Å²) >= 11 is 0. The van der Waals surface area contributed by atoms with Crippen LogP contribution in [0.25, 0.3) is 0 Å². The lowest BCUT2D eigenvalue weighted by Gasteiger charge is -2.26. The van der Waals surface area contributed by atoms with E-state index in [2.05, 4.69) is 12.2 Å². The number of hydrogen-bond donors (Lipinski definition) is 1. The molecule has 2 aliphatic rings. The highest BCUT2D eigenvalue weighted by Crippen LogP contribution is 2.30. The number of fused-ring (bicyclic) bond motifs is 2. The molecule has 9 heavy (non-hydrogen) atoms. The molecule has 2 heterocycles. The van der Waals surface area contributed by atoms with Crippen LogP contribution in [0, 0.1) is 5.92 Å². The lowest BCUT2D eigenvalue weighted by molar-refractivity contribution is 0.311. The zero-order valence-electron chi connectivity index (χ0n) is 6.06. The highest BCUT2D eigenvalue weighted by atomic mass is 15.0. The van der Waals surface area contributed by atoms with Crippen molar-refractivity contribution in [1.82, 2.24) is 5.32 Å². The first-order chi connectivity index (χ1) is 4.36. The zero-order chi connectivity index (χ0) is 6.27. The van der Waals surface area contributed by atoms with Crippen LogP contribution in [0.5, 0.6) is 0 Å². The van der Waals surface area contributed by atoms with Crippen LogP contribution in [0.3, 0.4) is 0 Å². The maximum atomic E-state index is 3.64. The second-order valence-electron chi connectivity index (χ2n) is 3.60. The second kappa shape index (κ2) is 1.98. The van der Waals surface area contributed by atoms with Gasteiger partial charge < -0.3 is 5.32 Å². The molecule has 0 aromatic heterocycles. The summed E-state index contributed by atoms with van der Waals surface area (Å²) in [6, 6.07) is 1.77. The van der Waals surface area contributed by atoms with Gasteiger partial charge in [0.25, 0.3) is 0 Å². The molecular formula is C8H15N. The molecule has 3 atom stereocenters. The normalized spacial score (nSPS) is 49.7. The second-order valence-corrected chi connectivity index (χ2v) is 3.60. The van der Waals surface area contributed by atoms with Gasteiger partial charge in [-0.05, 0) is 31.6 Å². The summed E-state index contributed by atoms with van der Waals surface area (Å²) in [5.74, 6) is 0.948. The van der Waals surface area contributed by atoms with Crippen LogP contribution >= 0.6 is 0 Å². The molecule has 2 fully saturated rings. The third-order valence-electron chi connectivity index (χ3n) is 2.93. The topological polar surface area (TPSA) is 12.0 Å². The SMILES string of the molecule is C[C@@H]1CC[C@@H]2CC[C@H]1N2. The van der Waals surface area contributed by atoms with Gasteiger partial charge in [-0.3, -0.25) is 0 Å². The Bertz CT molecular complexity index is 111. The first kappa shape index (κ1) is 5.72. The van der Waals surface area contributed by atoms with Gasteiger partial charge in [0.15, 0.2) is 0 Å². The van der Waals surface area contributed by atoms with E-state index in [9.17, 15) is 0 Å². The molecule has 0 aliphatic carbocycles. The van der Waals surface area contributed by atoms with Gasteiger partial charge in [-0.2, -0.15) is 0 Å². The predicted octanol–water partition coefficient (Wildman–Crippen LogP) is 1.54. The fourth-order valence-electron chi connectivity index (χ4n) is 2.19. The Morgan fingerprint density at radius 3 is 2.67 bits per heavy atom. The molecule has 0 unspecified atom stereocenters. The molecule has 0 spiro atoms. The molecule has 0 amide bonds. The van der Waals surface area contributed by atoms with Gasteiger partial charge in [0, 0.05) is 12.1 Å². The molecule has 2 bridgehead atoms. The zero-order valence-corrected chi connectivity index (χ0v) is 6.06. The molecular weight excluding hydrogens is 110 g/mol. The minimum atomic E-state index is 0.878. The molecule has 0 aromatic carbocycles. The highest BCUT2D eigenvalue weighted by molar-refractivity contribution is 4.91. The Balaban J connectivity index is 2.05. The quantitative estimate of drug-likeness (QED) is 0.518. The standard InChI is InChI=1S/C8H15N/c1-6-2-3-7-4-5-8(6)9-7/h6-9H,2-5H2,1H3/t6-,7-,8-/m1/s1. The van der Waals surface area contributed by atoms with E-state index < -0.39 is 0 Å². The molecule has 2 aliphatic heterocycles. The van der Waals surface area contributed by atoms with Gasteiger partial charge in [0.05, 0.1) is 0 Å². The van der Waals surface area contributed by atoms with E-state index in [1.165, 1.54) is 25.7 Å². The molecule has 1 heteroatoms. The van der Waals surface area contributed by atoms with Gasteiger partial charge in [-0.25, -0.2) is 0 Å². The van der Waals surface area contributed by atoms with Gasteiger partial charge in [-0.1, -0.05) is 6.92 Å². The Labute approximate surface area is 56.8 Å². The lowest BCUT2D eigenvalue weighted by Crippen LogP contribution is -2.38. The maximum Gasteiger partial charge on any atom is 0.00958 e. The van der Waals surface area contributed by atoms with Crippen LogP contribution in [0.15, 0.2) is 0 Å². The van der Waals surface area contributed by atoms with E-state index in [1.54, 1.807) is 0 Å². The summed E-state index contributed by atoms with van der Waals surface area (Å²) in [6.07, 6.45) is 5.76. The molecule has 1 N–H and O–H groups in total. The monoisotopic (exact) mass is 125 g/mol. The smallest absolute Gasteiger partial charge is 0.00958 e. The summed E-state index contributed by atoms with van der Waals surface area (Å²) in [5.41, 5.74) is 0. The van der Waals surface area contributed by atoms with Gasteiger partial charge >= 0.3 is 0 Å².